The molecule has 0 aliphatic heterocycles. The van der Waals surface area contributed by atoms with Crippen LogP contribution in [0.15, 0.2) is 0 Å². The average molecular weight is 200 g/mol. The Hall–Kier alpha value is -0.812. The molecule has 0 spiro atoms. The van der Waals surface area contributed by atoms with Crippen LogP contribution in [-0.4, -0.2) is 36.1 Å². The Bertz CT molecular complexity index is 99.1. The molecule has 0 saturated heterocycles. The molecule has 0 bridgehead atoms. The van der Waals surface area contributed by atoms with Gasteiger partial charge in [-0.05, 0) is 0 Å². The van der Waals surface area contributed by atoms with Crippen molar-refractivity contribution in [3.63, 3.8) is 0 Å². The van der Waals surface area contributed by atoms with Crippen LogP contribution in [-0.2, 0) is 0 Å². The molecule has 9 heavy (non-hydrogen) atoms. The second kappa shape index (κ2) is 7.19. The van der Waals surface area contributed by atoms with E-state index in [2.05, 4.69) is 0 Å². The first-order valence-corrected chi connectivity index (χ1v) is 3.79. The largest absolute Gasteiger partial charge is 0.328 e. The molecule has 0 heterocycles. The Morgan fingerprint density at radius 3 is 1.89 bits per heavy atom. The number of carboxylic acid groups (broad SMARTS) is 1. The third kappa shape index (κ3) is 137. The summed E-state index contributed by atoms with van der Waals surface area (Å²) in [6.45, 7) is 0. The van der Waals surface area contributed by atoms with Crippen LogP contribution in [0.1, 0.15) is 0 Å². The second-order valence-corrected chi connectivity index (χ2v) is 2.19. The number of rotatable bonds is 1. The quantitative estimate of drug-likeness (QED) is 0.272. The topological polar surface area (TPSA) is 127 Å². The molecule has 0 fully saturated rings. The predicted molar refractivity (Wildman–Crippen MR) is 28.1 cm³/mol. The van der Waals surface area contributed by atoms with Crippen molar-refractivity contribution in [2.45, 2.75) is 0 Å². The average Bonchev–Trinajstić information content (AvgIpc) is 1.65. The van der Waals surface area contributed by atoms with Crippen molar-refractivity contribution in [1.29, 1.82) is 0 Å². The first-order chi connectivity index (χ1) is 4.00. The van der Waals surface area contributed by atoms with Gasteiger partial charge in [-0.1, -0.05) is 0 Å². The molecule has 0 aromatic carbocycles. The fraction of sp³-hybridized carbons (Fsp3) is 0. The van der Waals surface area contributed by atoms with Crippen LogP contribution in [0, 0.1) is 10.1 Å². The van der Waals surface area contributed by atoms with E-state index < -0.39 is 25.8 Å². The normalized spacial score (nSPS) is 8.11. The van der Waals surface area contributed by atoms with Crippen molar-refractivity contribution in [3.05, 3.63) is 10.1 Å². The summed E-state index contributed by atoms with van der Waals surface area (Å²) in [5.74, 6) is 0. The van der Waals surface area contributed by atoms with Crippen LogP contribution in [0.5, 0.6) is 0 Å². The van der Waals surface area contributed by atoms with Gasteiger partial charge in [-0.2, -0.15) is 0 Å². The van der Waals surface area contributed by atoms with Gasteiger partial charge >= 0.3 is 35.3 Å². The molecule has 0 amide bonds. The summed E-state index contributed by atoms with van der Waals surface area (Å²) < 4.78 is 3.85. The van der Waals surface area contributed by atoms with Gasteiger partial charge in [-0.3, -0.25) is 0 Å². The first kappa shape index (κ1) is 11.0. The van der Waals surface area contributed by atoms with Crippen LogP contribution in [0.25, 0.3) is 0 Å². The van der Waals surface area contributed by atoms with Crippen LogP contribution >= 0.6 is 0 Å². The third-order valence-electron chi connectivity index (χ3n) is 0.123. The van der Waals surface area contributed by atoms with Gasteiger partial charge in [0.25, 0.3) is 5.09 Å². The molecule has 0 radical (unpaired) electrons. The SMILES string of the molecule is N[AsH]C(=O)O.O=[N+]([O-])O. The van der Waals surface area contributed by atoms with Gasteiger partial charge in [0.1, 0.15) is 0 Å². The van der Waals surface area contributed by atoms with E-state index in [4.69, 9.17) is 25.1 Å². The minimum absolute atomic E-state index is 0.843. The summed E-state index contributed by atoms with van der Waals surface area (Å²) in [6.07, 6.45) is 0. The summed E-state index contributed by atoms with van der Waals surface area (Å²) >= 11 is -1.14. The van der Waals surface area contributed by atoms with E-state index in [-0.39, 0.29) is 0 Å². The zero-order valence-corrected chi connectivity index (χ0v) is 6.24. The molecule has 1 unspecified atom stereocenters. The van der Waals surface area contributed by atoms with Crippen molar-refractivity contribution in [3.8, 4) is 0 Å². The van der Waals surface area contributed by atoms with E-state index in [1.54, 1.807) is 0 Å². The van der Waals surface area contributed by atoms with Gasteiger partial charge in [-0.25, -0.2) is 0 Å². The number of carbonyl (C=O) groups is 1. The maximum absolute atomic E-state index is 9.30. The van der Waals surface area contributed by atoms with Crippen LogP contribution < -0.4 is 4.65 Å². The van der Waals surface area contributed by atoms with Gasteiger partial charge in [0.2, 0.25) is 0 Å². The Morgan fingerprint density at radius 1 is 1.78 bits per heavy atom. The summed E-state index contributed by atoms with van der Waals surface area (Å²) in [5, 5.41) is 21.3. The Balaban J connectivity index is 0. The van der Waals surface area contributed by atoms with Crippen molar-refractivity contribution < 1.29 is 20.2 Å². The summed E-state index contributed by atoms with van der Waals surface area (Å²) in [4.78, 5) is 17.7. The van der Waals surface area contributed by atoms with Crippen molar-refractivity contribution in [2.24, 2.45) is 4.65 Å². The van der Waals surface area contributed by atoms with Gasteiger partial charge in [0, 0.05) is 0 Å². The van der Waals surface area contributed by atoms with E-state index in [1.807, 2.05) is 0 Å². The maximum Gasteiger partial charge on any atom is 0.291 e. The van der Waals surface area contributed by atoms with Gasteiger partial charge in [0.05, 0.1) is 0 Å². The molecule has 7 nitrogen and oxygen atoms in total. The summed E-state index contributed by atoms with van der Waals surface area (Å²) in [7, 11) is 0. The molecule has 0 aliphatic rings. The molecule has 0 aliphatic carbocycles. The molecule has 1 atom stereocenters. The van der Waals surface area contributed by atoms with E-state index in [1.165, 1.54) is 0 Å². The zero-order chi connectivity index (χ0) is 7.86. The van der Waals surface area contributed by atoms with E-state index in [9.17, 15) is 4.79 Å². The van der Waals surface area contributed by atoms with Crippen LogP contribution in [0.2, 0.25) is 0 Å². The fourth-order valence-corrected chi connectivity index (χ4v) is 0. The summed E-state index contributed by atoms with van der Waals surface area (Å²) in [5.41, 5.74) is 0. The maximum atomic E-state index is 9.30. The molecule has 54 valence electrons. The first-order valence-electron chi connectivity index (χ1n) is 1.53. The second-order valence-electron chi connectivity index (χ2n) is 0.687. The molecule has 0 aromatic heterocycles. The van der Waals surface area contributed by atoms with E-state index >= 15 is 0 Å². The van der Waals surface area contributed by atoms with Gasteiger partial charge < -0.3 is 5.21 Å². The van der Waals surface area contributed by atoms with Gasteiger partial charge in [0.15, 0.2) is 0 Å². The zero-order valence-electron chi connectivity index (χ0n) is 4.14. The van der Waals surface area contributed by atoms with Crippen molar-refractivity contribution in [2.75, 3.05) is 0 Å². The minimum atomic E-state index is -1.50. The molecule has 0 aromatic rings. The Morgan fingerprint density at radius 2 is 1.89 bits per heavy atom. The standard InChI is InChI=1S/CH4AsNO2.HNO3/c3-2-1(4)5;2-1(3)4/h2H,3H2,(H,4,5);(H,2,3,4). The molecule has 0 saturated carbocycles. The monoisotopic (exact) mass is 200 g/mol. The molecule has 0 rings (SSSR count). The smallest absolute Gasteiger partial charge is 0.291 e. The number of hydrogen-bond acceptors (Lipinski definition) is 4. The van der Waals surface area contributed by atoms with Crippen molar-refractivity contribution in [1.82, 2.24) is 0 Å². The van der Waals surface area contributed by atoms with Crippen LogP contribution in [0.4, 0.5) is 4.79 Å². The van der Waals surface area contributed by atoms with Crippen molar-refractivity contribution >= 4 is 20.7 Å². The van der Waals surface area contributed by atoms with E-state index in [0.29, 0.717) is 0 Å². The molecular formula is CH5AsN2O5. The van der Waals surface area contributed by atoms with Gasteiger partial charge in [-0.15, -0.1) is 10.1 Å². The van der Waals surface area contributed by atoms with Crippen LogP contribution in [0.3, 0.4) is 0 Å². The minimum Gasteiger partial charge on any atom is -0.328 e. The number of hydrogen-bond donors (Lipinski definition) is 3. The molecular weight excluding hydrogens is 195 g/mol. The van der Waals surface area contributed by atoms with E-state index in [0.717, 1.165) is 0 Å². The summed E-state index contributed by atoms with van der Waals surface area (Å²) in [6, 6.07) is 0. The Kier molecular flexibility index (Phi) is 8.82. The fourth-order valence-electron chi connectivity index (χ4n) is 0. The Labute approximate surface area is 56.5 Å². The third-order valence-corrected chi connectivity index (χ3v) is 0.642. The number of nitrogens with two attached hydrogens (primary N) is 1. The molecule has 4 N–H and O–H groups in total. The molecule has 8 heteroatoms. The predicted octanol–water partition coefficient (Wildman–Crippen LogP) is -1.37. The number of nitrogens with zero attached hydrogens (tertiary/aromatic N) is 1.